The minimum Gasteiger partial charge on any atom is -0.481 e. The number of carbonyl (C=O) groups is 1. The van der Waals surface area contributed by atoms with Gasteiger partial charge in [0.15, 0.2) is 0 Å². The predicted molar refractivity (Wildman–Crippen MR) is 73.9 cm³/mol. The lowest BCUT2D eigenvalue weighted by Crippen LogP contribution is -2.24. The van der Waals surface area contributed by atoms with Gasteiger partial charge in [-0.3, -0.25) is 4.79 Å². The van der Waals surface area contributed by atoms with Crippen molar-refractivity contribution in [1.82, 2.24) is 15.3 Å². The lowest BCUT2D eigenvalue weighted by atomic mass is 10.2. The Hall–Kier alpha value is -1.95. The molecule has 0 aromatic carbocycles. The van der Waals surface area contributed by atoms with E-state index in [0.29, 0.717) is 18.1 Å². The van der Waals surface area contributed by atoms with Crippen LogP contribution in [0.25, 0.3) is 0 Å². The fraction of sp³-hybridized carbons (Fsp3) is 0.154. The molecule has 0 bridgehead atoms. The monoisotopic (exact) mass is 321 g/mol. The molecule has 2 aromatic heterocycles. The lowest BCUT2D eigenvalue weighted by molar-refractivity contribution is 0.0945. The first kappa shape index (κ1) is 13.5. The van der Waals surface area contributed by atoms with Crippen molar-refractivity contribution in [3.05, 3.63) is 52.4 Å². The molecule has 19 heavy (non-hydrogen) atoms. The highest BCUT2D eigenvalue weighted by atomic mass is 79.9. The molecule has 0 radical (unpaired) electrons. The van der Waals surface area contributed by atoms with E-state index in [1.165, 1.54) is 0 Å². The van der Waals surface area contributed by atoms with Crippen LogP contribution in [-0.4, -0.2) is 23.0 Å². The van der Waals surface area contributed by atoms with Gasteiger partial charge >= 0.3 is 0 Å². The molecular weight excluding hydrogens is 310 g/mol. The molecule has 5 nitrogen and oxygen atoms in total. The number of hydrogen-bond acceptors (Lipinski definition) is 4. The maximum Gasteiger partial charge on any atom is 0.270 e. The highest BCUT2D eigenvalue weighted by Gasteiger charge is 2.08. The predicted octanol–water partition coefficient (Wildman–Crippen LogP) is 2.18. The maximum atomic E-state index is 11.9. The molecule has 6 heteroatoms. The zero-order valence-electron chi connectivity index (χ0n) is 10.3. The number of amides is 1. The van der Waals surface area contributed by atoms with E-state index in [9.17, 15) is 4.79 Å². The summed E-state index contributed by atoms with van der Waals surface area (Å²) < 4.78 is 5.95. The third-order valence-electron chi connectivity index (χ3n) is 2.44. The Balaban J connectivity index is 2.02. The average molecular weight is 322 g/mol. The second-order valence-corrected chi connectivity index (χ2v) is 4.63. The smallest absolute Gasteiger partial charge is 0.270 e. The second kappa shape index (κ2) is 6.29. The second-order valence-electron chi connectivity index (χ2n) is 3.72. The van der Waals surface area contributed by atoms with Crippen molar-refractivity contribution in [3.63, 3.8) is 0 Å². The molecule has 1 amide bonds. The minimum absolute atomic E-state index is 0.238. The van der Waals surface area contributed by atoms with Crippen LogP contribution in [0.15, 0.2) is 41.1 Å². The van der Waals surface area contributed by atoms with Gasteiger partial charge in [-0.05, 0) is 34.1 Å². The molecule has 0 aliphatic heterocycles. The van der Waals surface area contributed by atoms with E-state index >= 15 is 0 Å². The Morgan fingerprint density at radius 2 is 2.21 bits per heavy atom. The van der Waals surface area contributed by atoms with Crippen molar-refractivity contribution in [3.8, 4) is 5.88 Å². The largest absolute Gasteiger partial charge is 0.481 e. The van der Waals surface area contributed by atoms with E-state index in [1.54, 1.807) is 37.7 Å². The summed E-state index contributed by atoms with van der Waals surface area (Å²) in [6.07, 6.45) is 3.22. The third-order valence-corrected chi connectivity index (χ3v) is 2.91. The standard InChI is InChI=1S/C13H12BrN3O2/c1-19-13-9(3-2-6-15-13)7-17-12(18)11-5-4-10(14)8-16-11/h2-6,8H,7H2,1H3,(H,17,18). The summed E-state index contributed by atoms with van der Waals surface area (Å²) in [5.74, 6) is 0.268. The number of pyridine rings is 2. The number of rotatable bonds is 4. The average Bonchev–Trinajstić information content (AvgIpc) is 2.45. The fourth-order valence-corrected chi connectivity index (χ4v) is 1.75. The molecule has 0 fully saturated rings. The highest BCUT2D eigenvalue weighted by molar-refractivity contribution is 9.10. The minimum atomic E-state index is -0.238. The van der Waals surface area contributed by atoms with Crippen molar-refractivity contribution in [2.75, 3.05) is 7.11 Å². The van der Waals surface area contributed by atoms with E-state index in [-0.39, 0.29) is 5.91 Å². The molecule has 2 rings (SSSR count). The summed E-state index contributed by atoms with van der Waals surface area (Å²) in [5.41, 5.74) is 1.18. The van der Waals surface area contributed by atoms with Crippen molar-refractivity contribution < 1.29 is 9.53 Å². The molecule has 0 spiro atoms. The normalized spacial score (nSPS) is 10.0. The molecule has 0 aliphatic rings. The van der Waals surface area contributed by atoms with Crippen LogP contribution >= 0.6 is 15.9 Å². The van der Waals surface area contributed by atoms with Gasteiger partial charge in [-0.1, -0.05) is 6.07 Å². The first-order valence-corrected chi connectivity index (χ1v) is 6.37. The molecule has 1 N–H and O–H groups in total. The van der Waals surface area contributed by atoms with E-state index in [2.05, 4.69) is 31.2 Å². The van der Waals surface area contributed by atoms with Gasteiger partial charge < -0.3 is 10.1 Å². The summed E-state index contributed by atoms with van der Waals surface area (Å²) in [6, 6.07) is 7.06. The van der Waals surface area contributed by atoms with E-state index < -0.39 is 0 Å². The van der Waals surface area contributed by atoms with Crippen LogP contribution in [-0.2, 0) is 6.54 Å². The topological polar surface area (TPSA) is 64.1 Å². The quantitative estimate of drug-likeness (QED) is 0.937. The Kier molecular flexibility index (Phi) is 4.46. The van der Waals surface area contributed by atoms with Gasteiger partial charge in [0, 0.05) is 29.0 Å². The number of hydrogen-bond donors (Lipinski definition) is 1. The van der Waals surface area contributed by atoms with Gasteiger partial charge in [0.1, 0.15) is 5.69 Å². The Morgan fingerprint density at radius 3 is 2.89 bits per heavy atom. The Morgan fingerprint density at radius 1 is 1.37 bits per heavy atom. The first-order chi connectivity index (χ1) is 9.20. The molecule has 0 atom stereocenters. The number of carbonyl (C=O) groups excluding carboxylic acids is 1. The van der Waals surface area contributed by atoms with Crippen LogP contribution in [0.5, 0.6) is 5.88 Å². The number of halogens is 1. The maximum absolute atomic E-state index is 11.9. The van der Waals surface area contributed by atoms with Crippen LogP contribution in [0.3, 0.4) is 0 Å². The molecular formula is C13H12BrN3O2. The number of ether oxygens (including phenoxy) is 1. The number of nitrogens with zero attached hydrogens (tertiary/aromatic N) is 2. The number of nitrogens with one attached hydrogen (secondary N) is 1. The molecule has 0 saturated carbocycles. The van der Waals surface area contributed by atoms with Gasteiger partial charge in [0.2, 0.25) is 5.88 Å². The lowest BCUT2D eigenvalue weighted by Gasteiger charge is -2.08. The van der Waals surface area contributed by atoms with Gasteiger partial charge in [0.05, 0.1) is 7.11 Å². The van der Waals surface area contributed by atoms with Crippen molar-refractivity contribution in [2.24, 2.45) is 0 Å². The Bertz CT molecular complexity index is 572. The van der Waals surface area contributed by atoms with Crippen molar-refractivity contribution in [2.45, 2.75) is 6.54 Å². The van der Waals surface area contributed by atoms with Gasteiger partial charge in [-0.15, -0.1) is 0 Å². The van der Waals surface area contributed by atoms with Crippen LogP contribution in [0.1, 0.15) is 16.1 Å². The van der Waals surface area contributed by atoms with Crippen molar-refractivity contribution >= 4 is 21.8 Å². The zero-order chi connectivity index (χ0) is 13.7. The van der Waals surface area contributed by atoms with Gasteiger partial charge in [-0.2, -0.15) is 0 Å². The molecule has 0 aliphatic carbocycles. The first-order valence-electron chi connectivity index (χ1n) is 5.58. The summed E-state index contributed by atoms with van der Waals surface area (Å²) in [5, 5.41) is 2.77. The summed E-state index contributed by atoms with van der Waals surface area (Å²) >= 11 is 3.27. The van der Waals surface area contributed by atoms with E-state index in [4.69, 9.17) is 4.74 Å². The zero-order valence-corrected chi connectivity index (χ0v) is 11.8. The summed E-state index contributed by atoms with van der Waals surface area (Å²) in [7, 11) is 1.55. The van der Waals surface area contributed by atoms with E-state index in [1.807, 2.05) is 6.07 Å². The van der Waals surface area contributed by atoms with Gasteiger partial charge in [0.25, 0.3) is 5.91 Å². The fourth-order valence-electron chi connectivity index (χ4n) is 1.52. The SMILES string of the molecule is COc1ncccc1CNC(=O)c1ccc(Br)cn1. The third kappa shape index (κ3) is 3.51. The van der Waals surface area contributed by atoms with Crippen LogP contribution in [0.4, 0.5) is 0 Å². The molecule has 2 aromatic rings. The Labute approximate surface area is 119 Å². The molecule has 0 saturated heterocycles. The van der Waals surface area contributed by atoms with Crippen molar-refractivity contribution in [1.29, 1.82) is 0 Å². The number of aromatic nitrogens is 2. The summed E-state index contributed by atoms with van der Waals surface area (Å²) in [4.78, 5) is 20.0. The van der Waals surface area contributed by atoms with Crippen LogP contribution < -0.4 is 10.1 Å². The van der Waals surface area contributed by atoms with E-state index in [0.717, 1.165) is 10.0 Å². The highest BCUT2D eigenvalue weighted by Crippen LogP contribution is 2.13. The van der Waals surface area contributed by atoms with Gasteiger partial charge in [-0.25, -0.2) is 9.97 Å². The van der Waals surface area contributed by atoms with Crippen LogP contribution in [0.2, 0.25) is 0 Å². The molecule has 0 unspecified atom stereocenters. The summed E-state index contributed by atoms with van der Waals surface area (Å²) in [6.45, 7) is 0.341. The number of methoxy groups -OCH3 is 1. The molecule has 2 heterocycles. The molecule has 98 valence electrons. The van der Waals surface area contributed by atoms with Crippen LogP contribution in [0, 0.1) is 0 Å².